The van der Waals surface area contributed by atoms with Gasteiger partial charge in [-0.3, -0.25) is 9.89 Å². The van der Waals surface area contributed by atoms with Crippen molar-refractivity contribution in [3.8, 4) is 11.5 Å². The number of nitrogens with zero attached hydrogens (tertiary/aromatic N) is 2. The number of hydrogen-bond acceptors (Lipinski definition) is 7. The number of anilines is 1. The Morgan fingerprint density at radius 3 is 2.85 bits per heavy atom. The molecule has 26 heavy (non-hydrogen) atoms. The number of aromatic amines is 1. The highest BCUT2D eigenvalue weighted by Gasteiger charge is 2.18. The van der Waals surface area contributed by atoms with Gasteiger partial charge >= 0.3 is 5.97 Å². The molecule has 3 heterocycles. The highest BCUT2D eigenvalue weighted by Crippen LogP contribution is 2.23. The standard InChI is InChI=1S/C17H12N4O5/c1-24-17(23)15-10-7-9(4-5-11(10)19-20-15)18-16(22)12-8-14(26-21-12)13-3-2-6-25-13/h2-8H,1H3,(H,18,22)(H,19,20). The van der Waals surface area contributed by atoms with Crippen molar-refractivity contribution in [2.75, 3.05) is 12.4 Å². The van der Waals surface area contributed by atoms with E-state index in [-0.39, 0.29) is 11.4 Å². The van der Waals surface area contributed by atoms with Gasteiger partial charge in [-0.15, -0.1) is 0 Å². The topological polar surface area (TPSA) is 123 Å². The summed E-state index contributed by atoms with van der Waals surface area (Å²) in [5, 5.41) is 13.6. The molecule has 2 N–H and O–H groups in total. The molecular weight excluding hydrogens is 340 g/mol. The van der Waals surface area contributed by atoms with Gasteiger partial charge in [0.05, 0.1) is 18.9 Å². The third kappa shape index (κ3) is 2.71. The van der Waals surface area contributed by atoms with Crippen LogP contribution in [-0.4, -0.2) is 34.3 Å². The Balaban J connectivity index is 1.58. The zero-order chi connectivity index (χ0) is 18.1. The van der Waals surface area contributed by atoms with E-state index in [1.807, 2.05) is 0 Å². The summed E-state index contributed by atoms with van der Waals surface area (Å²) in [5.41, 5.74) is 1.35. The lowest BCUT2D eigenvalue weighted by atomic mass is 10.2. The van der Waals surface area contributed by atoms with Gasteiger partial charge in [-0.25, -0.2) is 4.79 Å². The Bertz CT molecular complexity index is 1090. The van der Waals surface area contributed by atoms with Crippen LogP contribution in [0.3, 0.4) is 0 Å². The first-order valence-electron chi connectivity index (χ1n) is 7.54. The SMILES string of the molecule is COC(=O)c1n[nH]c2ccc(NC(=O)c3cc(-c4ccco4)on3)cc12. The van der Waals surface area contributed by atoms with Gasteiger partial charge in [-0.1, -0.05) is 5.16 Å². The number of carbonyl (C=O) groups excluding carboxylic acids is 2. The quantitative estimate of drug-likeness (QED) is 0.541. The zero-order valence-corrected chi connectivity index (χ0v) is 13.5. The van der Waals surface area contributed by atoms with Gasteiger partial charge < -0.3 is 19.0 Å². The van der Waals surface area contributed by atoms with Crippen molar-refractivity contribution < 1.29 is 23.3 Å². The summed E-state index contributed by atoms with van der Waals surface area (Å²) in [4.78, 5) is 24.1. The van der Waals surface area contributed by atoms with E-state index >= 15 is 0 Å². The monoisotopic (exact) mass is 352 g/mol. The van der Waals surface area contributed by atoms with E-state index in [1.54, 1.807) is 30.3 Å². The van der Waals surface area contributed by atoms with Crippen molar-refractivity contribution in [1.29, 1.82) is 0 Å². The minimum absolute atomic E-state index is 0.0943. The number of H-pyrrole nitrogens is 1. The molecule has 0 saturated carbocycles. The smallest absolute Gasteiger partial charge is 0.359 e. The number of methoxy groups -OCH3 is 1. The van der Waals surface area contributed by atoms with E-state index < -0.39 is 11.9 Å². The summed E-state index contributed by atoms with van der Waals surface area (Å²) in [6.45, 7) is 0. The minimum Gasteiger partial charge on any atom is -0.464 e. The molecule has 0 bridgehead atoms. The summed E-state index contributed by atoms with van der Waals surface area (Å²) < 4.78 is 15.0. The maximum Gasteiger partial charge on any atom is 0.359 e. The Kier molecular flexibility index (Phi) is 3.73. The van der Waals surface area contributed by atoms with Gasteiger partial charge in [0.2, 0.25) is 5.76 Å². The van der Waals surface area contributed by atoms with Gasteiger partial charge in [-0.05, 0) is 30.3 Å². The predicted molar refractivity (Wildman–Crippen MR) is 89.6 cm³/mol. The van der Waals surface area contributed by atoms with E-state index in [2.05, 4.69) is 20.7 Å². The largest absolute Gasteiger partial charge is 0.464 e. The fourth-order valence-corrected chi connectivity index (χ4v) is 2.46. The van der Waals surface area contributed by atoms with Crippen LogP contribution in [0.25, 0.3) is 22.4 Å². The first-order valence-corrected chi connectivity index (χ1v) is 7.54. The van der Waals surface area contributed by atoms with Gasteiger partial charge in [0.15, 0.2) is 17.1 Å². The lowest BCUT2D eigenvalue weighted by molar-refractivity contribution is 0.0596. The molecule has 0 fully saturated rings. The second-order valence-corrected chi connectivity index (χ2v) is 5.33. The van der Waals surface area contributed by atoms with Crippen LogP contribution in [0.4, 0.5) is 5.69 Å². The summed E-state index contributed by atoms with van der Waals surface area (Å²) in [5.74, 6) is -0.217. The van der Waals surface area contributed by atoms with Crippen LogP contribution >= 0.6 is 0 Å². The van der Waals surface area contributed by atoms with Gasteiger partial charge in [0, 0.05) is 17.1 Å². The highest BCUT2D eigenvalue weighted by atomic mass is 16.5. The number of hydrogen-bond donors (Lipinski definition) is 2. The maximum atomic E-state index is 12.4. The van der Waals surface area contributed by atoms with Crippen LogP contribution in [0, 0.1) is 0 Å². The molecule has 3 aromatic heterocycles. The first kappa shape index (κ1) is 15.6. The number of benzene rings is 1. The average Bonchev–Trinajstić information content (AvgIpc) is 3.39. The first-order chi connectivity index (χ1) is 12.7. The third-order valence-electron chi connectivity index (χ3n) is 3.71. The molecule has 0 unspecified atom stereocenters. The predicted octanol–water partition coefficient (Wildman–Crippen LogP) is 2.85. The number of fused-ring (bicyclic) bond motifs is 1. The van der Waals surface area contributed by atoms with Crippen molar-refractivity contribution in [2.45, 2.75) is 0 Å². The molecule has 9 heteroatoms. The molecule has 0 atom stereocenters. The van der Waals surface area contributed by atoms with Crippen LogP contribution in [0.5, 0.6) is 0 Å². The van der Waals surface area contributed by atoms with Crippen molar-refractivity contribution in [3.05, 3.63) is 54.0 Å². The number of rotatable bonds is 4. The molecule has 0 radical (unpaired) electrons. The fourth-order valence-electron chi connectivity index (χ4n) is 2.46. The zero-order valence-electron chi connectivity index (χ0n) is 13.5. The molecule has 4 aromatic rings. The van der Waals surface area contributed by atoms with Crippen LogP contribution in [-0.2, 0) is 4.74 Å². The number of amides is 1. The number of carbonyl (C=O) groups is 2. The summed E-state index contributed by atoms with van der Waals surface area (Å²) in [6.07, 6.45) is 1.50. The lowest BCUT2D eigenvalue weighted by Crippen LogP contribution is -2.12. The van der Waals surface area contributed by atoms with Gasteiger partial charge in [0.1, 0.15) is 0 Å². The molecule has 0 aliphatic heterocycles. The van der Waals surface area contributed by atoms with E-state index in [0.717, 1.165) is 0 Å². The Hall–Kier alpha value is -3.88. The van der Waals surface area contributed by atoms with E-state index in [0.29, 0.717) is 28.1 Å². The Morgan fingerprint density at radius 2 is 2.08 bits per heavy atom. The highest BCUT2D eigenvalue weighted by molar-refractivity contribution is 6.06. The number of aromatic nitrogens is 3. The van der Waals surface area contributed by atoms with Gasteiger partial charge in [-0.2, -0.15) is 5.10 Å². The second kappa shape index (κ2) is 6.20. The number of ether oxygens (including phenoxy) is 1. The summed E-state index contributed by atoms with van der Waals surface area (Å²) >= 11 is 0. The van der Waals surface area contributed by atoms with Crippen molar-refractivity contribution in [2.24, 2.45) is 0 Å². The molecular formula is C17H12N4O5. The number of esters is 1. The molecule has 0 spiro atoms. The molecule has 130 valence electrons. The van der Waals surface area contributed by atoms with E-state index in [9.17, 15) is 9.59 Å². The molecule has 0 aliphatic rings. The molecule has 1 aromatic carbocycles. The molecule has 9 nitrogen and oxygen atoms in total. The van der Waals surface area contributed by atoms with Crippen LogP contribution < -0.4 is 5.32 Å². The Morgan fingerprint density at radius 1 is 1.19 bits per heavy atom. The maximum absolute atomic E-state index is 12.4. The van der Waals surface area contributed by atoms with Crippen LogP contribution in [0.15, 0.2) is 51.6 Å². The summed E-state index contributed by atoms with van der Waals surface area (Å²) in [6, 6.07) is 9.87. The van der Waals surface area contributed by atoms with Crippen molar-refractivity contribution >= 4 is 28.5 Å². The number of nitrogens with one attached hydrogen (secondary N) is 2. The normalized spacial score (nSPS) is 10.8. The van der Waals surface area contributed by atoms with E-state index in [1.165, 1.54) is 19.4 Å². The average molecular weight is 352 g/mol. The van der Waals surface area contributed by atoms with Crippen molar-refractivity contribution in [3.63, 3.8) is 0 Å². The van der Waals surface area contributed by atoms with Crippen LogP contribution in [0.1, 0.15) is 21.0 Å². The summed E-state index contributed by atoms with van der Waals surface area (Å²) in [7, 11) is 1.27. The van der Waals surface area contributed by atoms with E-state index in [4.69, 9.17) is 13.7 Å². The Labute approximate surface area is 145 Å². The molecule has 0 saturated heterocycles. The lowest BCUT2D eigenvalue weighted by Gasteiger charge is -2.03. The number of furan rings is 1. The molecule has 4 rings (SSSR count). The van der Waals surface area contributed by atoms with Gasteiger partial charge in [0.25, 0.3) is 5.91 Å². The molecule has 1 amide bonds. The van der Waals surface area contributed by atoms with Crippen LogP contribution in [0.2, 0.25) is 0 Å². The third-order valence-corrected chi connectivity index (χ3v) is 3.71. The second-order valence-electron chi connectivity index (χ2n) is 5.33. The molecule has 0 aliphatic carbocycles. The fraction of sp³-hybridized carbons (Fsp3) is 0.0588. The van der Waals surface area contributed by atoms with Crippen molar-refractivity contribution in [1.82, 2.24) is 15.4 Å². The minimum atomic E-state index is -0.570.